The summed E-state index contributed by atoms with van der Waals surface area (Å²) in [7, 11) is 0. The van der Waals surface area contributed by atoms with Crippen LogP contribution < -0.4 is 5.32 Å². The monoisotopic (exact) mass is 223 g/mol. The molecule has 2 fully saturated rings. The third kappa shape index (κ3) is 3.48. The van der Waals surface area contributed by atoms with Gasteiger partial charge in [0.2, 0.25) is 0 Å². The lowest BCUT2D eigenvalue weighted by Crippen LogP contribution is -2.42. The van der Waals surface area contributed by atoms with Crippen LogP contribution >= 0.6 is 0 Å². The van der Waals surface area contributed by atoms with E-state index in [9.17, 15) is 0 Å². The zero-order chi connectivity index (χ0) is 11.4. The molecule has 0 saturated heterocycles. The van der Waals surface area contributed by atoms with Gasteiger partial charge in [-0.25, -0.2) is 0 Å². The summed E-state index contributed by atoms with van der Waals surface area (Å²) in [4.78, 5) is 0. The molecule has 94 valence electrons. The van der Waals surface area contributed by atoms with Crippen LogP contribution in [0.25, 0.3) is 0 Å². The second kappa shape index (κ2) is 6.05. The smallest absolute Gasteiger partial charge is 0.00721 e. The van der Waals surface area contributed by atoms with Gasteiger partial charge in [-0.3, -0.25) is 0 Å². The van der Waals surface area contributed by atoms with Gasteiger partial charge >= 0.3 is 0 Å². The fourth-order valence-corrected chi connectivity index (χ4v) is 3.66. The Kier molecular flexibility index (Phi) is 4.69. The molecule has 0 bridgehead atoms. The van der Waals surface area contributed by atoms with Gasteiger partial charge in [0.1, 0.15) is 0 Å². The molecule has 0 spiro atoms. The highest BCUT2D eigenvalue weighted by Gasteiger charge is 2.24. The summed E-state index contributed by atoms with van der Waals surface area (Å²) >= 11 is 0. The number of hydrogen-bond donors (Lipinski definition) is 1. The summed E-state index contributed by atoms with van der Waals surface area (Å²) in [5, 5.41) is 3.93. The van der Waals surface area contributed by atoms with E-state index in [1.165, 1.54) is 57.8 Å². The average molecular weight is 223 g/mol. The van der Waals surface area contributed by atoms with Crippen LogP contribution in [0.3, 0.4) is 0 Å². The van der Waals surface area contributed by atoms with Crippen LogP contribution in [0.15, 0.2) is 0 Å². The molecular formula is C15H29N. The molecule has 16 heavy (non-hydrogen) atoms. The molecule has 0 aromatic carbocycles. The van der Waals surface area contributed by atoms with E-state index in [0.29, 0.717) is 0 Å². The van der Waals surface area contributed by atoms with Gasteiger partial charge in [-0.2, -0.15) is 0 Å². The lowest BCUT2D eigenvalue weighted by Gasteiger charge is -2.35. The Morgan fingerprint density at radius 2 is 1.69 bits per heavy atom. The van der Waals surface area contributed by atoms with E-state index < -0.39 is 0 Å². The zero-order valence-corrected chi connectivity index (χ0v) is 11.2. The minimum absolute atomic E-state index is 0.840. The van der Waals surface area contributed by atoms with E-state index in [1.54, 1.807) is 0 Å². The van der Waals surface area contributed by atoms with Crippen LogP contribution in [0.5, 0.6) is 0 Å². The van der Waals surface area contributed by atoms with Crippen LogP contribution in [0.4, 0.5) is 0 Å². The van der Waals surface area contributed by atoms with Crippen LogP contribution in [0, 0.1) is 11.8 Å². The molecule has 0 aliphatic heterocycles. The fourth-order valence-electron chi connectivity index (χ4n) is 3.66. The molecule has 2 rings (SSSR count). The maximum atomic E-state index is 3.93. The third-order valence-corrected chi connectivity index (χ3v) is 4.83. The molecule has 2 aliphatic carbocycles. The first-order valence-corrected chi connectivity index (χ1v) is 7.54. The lowest BCUT2D eigenvalue weighted by atomic mass is 9.82. The third-order valence-electron chi connectivity index (χ3n) is 4.83. The molecule has 2 saturated carbocycles. The van der Waals surface area contributed by atoms with E-state index in [1.807, 2.05) is 0 Å². The molecule has 0 radical (unpaired) electrons. The van der Waals surface area contributed by atoms with Crippen molar-refractivity contribution in [2.24, 2.45) is 11.8 Å². The largest absolute Gasteiger partial charge is 0.311 e. The van der Waals surface area contributed by atoms with Crippen LogP contribution in [-0.2, 0) is 0 Å². The molecule has 2 aliphatic rings. The first kappa shape index (κ1) is 12.4. The molecular weight excluding hydrogens is 194 g/mol. The Balaban J connectivity index is 1.69. The molecule has 1 nitrogen and oxygen atoms in total. The average Bonchev–Trinajstić information content (AvgIpc) is 2.30. The highest BCUT2D eigenvalue weighted by Crippen LogP contribution is 2.29. The quantitative estimate of drug-likeness (QED) is 0.759. The molecule has 2 atom stereocenters. The van der Waals surface area contributed by atoms with E-state index in [-0.39, 0.29) is 0 Å². The number of nitrogens with one attached hydrogen (secondary N) is 1. The molecule has 0 aromatic rings. The summed E-state index contributed by atoms with van der Waals surface area (Å²) in [6, 6.07) is 1.69. The molecule has 0 amide bonds. The Bertz CT molecular complexity index is 194. The molecule has 1 N–H and O–H groups in total. The van der Waals surface area contributed by atoms with Gasteiger partial charge in [0.05, 0.1) is 0 Å². The van der Waals surface area contributed by atoms with Gasteiger partial charge in [0.25, 0.3) is 0 Å². The summed E-state index contributed by atoms with van der Waals surface area (Å²) in [6.07, 6.45) is 13.0. The van der Waals surface area contributed by atoms with Crippen molar-refractivity contribution in [3.63, 3.8) is 0 Å². The number of hydrogen-bond acceptors (Lipinski definition) is 1. The Morgan fingerprint density at radius 1 is 0.938 bits per heavy atom. The Morgan fingerprint density at radius 3 is 2.31 bits per heavy atom. The SMILES string of the molecule is CCC1CCC(NC2CCCC(C)C2)CC1. The summed E-state index contributed by atoms with van der Waals surface area (Å²) in [5.41, 5.74) is 0. The van der Waals surface area contributed by atoms with Crippen LogP contribution in [-0.4, -0.2) is 12.1 Å². The van der Waals surface area contributed by atoms with Crippen molar-refractivity contribution < 1.29 is 0 Å². The minimum atomic E-state index is 0.840. The standard InChI is InChI=1S/C15H29N/c1-3-13-7-9-14(10-8-13)16-15-6-4-5-12(2)11-15/h12-16H,3-11H2,1-2H3. The number of rotatable bonds is 3. The van der Waals surface area contributed by atoms with E-state index >= 15 is 0 Å². The molecule has 0 aromatic heterocycles. The maximum Gasteiger partial charge on any atom is 0.00721 e. The van der Waals surface area contributed by atoms with Crippen LogP contribution in [0.1, 0.15) is 71.6 Å². The molecule has 2 unspecified atom stereocenters. The van der Waals surface area contributed by atoms with Crippen molar-refractivity contribution in [2.75, 3.05) is 0 Å². The van der Waals surface area contributed by atoms with Crippen molar-refractivity contribution >= 4 is 0 Å². The second-order valence-corrected chi connectivity index (χ2v) is 6.26. The molecule has 1 heteroatoms. The van der Waals surface area contributed by atoms with Crippen molar-refractivity contribution in [3.8, 4) is 0 Å². The van der Waals surface area contributed by atoms with E-state index in [0.717, 1.165) is 23.9 Å². The summed E-state index contributed by atoms with van der Waals surface area (Å²) < 4.78 is 0. The van der Waals surface area contributed by atoms with Gasteiger partial charge in [0.15, 0.2) is 0 Å². The van der Waals surface area contributed by atoms with Gasteiger partial charge in [0, 0.05) is 12.1 Å². The highest BCUT2D eigenvalue weighted by molar-refractivity contribution is 4.83. The summed E-state index contributed by atoms with van der Waals surface area (Å²) in [6.45, 7) is 4.77. The Hall–Kier alpha value is -0.0400. The zero-order valence-electron chi connectivity index (χ0n) is 11.2. The van der Waals surface area contributed by atoms with E-state index in [2.05, 4.69) is 19.2 Å². The van der Waals surface area contributed by atoms with Gasteiger partial charge in [-0.05, 0) is 50.4 Å². The normalized spacial score (nSPS) is 40.9. The predicted molar refractivity (Wildman–Crippen MR) is 70.6 cm³/mol. The fraction of sp³-hybridized carbons (Fsp3) is 1.00. The van der Waals surface area contributed by atoms with Crippen molar-refractivity contribution in [1.82, 2.24) is 5.32 Å². The minimum Gasteiger partial charge on any atom is -0.311 e. The van der Waals surface area contributed by atoms with E-state index in [4.69, 9.17) is 0 Å². The summed E-state index contributed by atoms with van der Waals surface area (Å²) in [5.74, 6) is 1.99. The van der Waals surface area contributed by atoms with Gasteiger partial charge < -0.3 is 5.32 Å². The first-order valence-electron chi connectivity index (χ1n) is 7.54. The second-order valence-electron chi connectivity index (χ2n) is 6.26. The predicted octanol–water partition coefficient (Wildman–Crippen LogP) is 4.12. The van der Waals surface area contributed by atoms with Gasteiger partial charge in [-0.15, -0.1) is 0 Å². The highest BCUT2D eigenvalue weighted by atomic mass is 15.0. The van der Waals surface area contributed by atoms with Crippen molar-refractivity contribution in [2.45, 2.75) is 83.7 Å². The molecule has 0 heterocycles. The van der Waals surface area contributed by atoms with Crippen molar-refractivity contribution in [1.29, 1.82) is 0 Å². The van der Waals surface area contributed by atoms with Crippen LogP contribution in [0.2, 0.25) is 0 Å². The van der Waals surface area contributed by atoms with Crippen molar-refractivity contribution in [3.05, 3.63) is 0 Å². The first-order chi connectivity index (χ1) is 7.78. The lowest BCUT2D eigenvalue weighted by molar-refractivity contribution is 0.229. The van der Waals surface area contributed by atoms with Gasteiger partial charge in [-0.1, -0.05) is 33.1 Å². The Labute approximate surface area is 101 Å². The topological polar surface area (TPSA) is 12.0 Å². The maximum absolute atomic E-state index is 3.93.